The molecule has 0 amide bonds. The van der Waals surface area contributed by atoms with Crippen LogP contribution >= 0.6 is 0 Å². The average molecular weight is 1010 g/mol. The first kappa shape index (κ1) is 62.9. The van der Waals surface area contributed by atoms with E-state index in [0.29, 0.717) is 0 Å². The first-order valence-corrected chi connectivity index (χ1v) is 29.3. The van der Waals surface area contributed by atoms with Gasteiger partial charge in [0.25, 0.3) is 0 Å². The SMILES string of the molecule is CCCCCCCCCCCCCCC/C=C/CCc1ccccc1/N=C(CCCC)\C(CCCCCCCC)=N\c1ccccc1CC/C=C/CCCCCCCCCCCCCCC.[Pd]. The van der Waals surface area contributed by atoms with Crippen molar-refractivity contribution in [2.24, 2.45) is 9.98 Å². The van der Waals surface area contributed by atoms with E-state index in [1.54, 1.807) is 0 Å². The maximum absolute atomic E-state index is 5.57. The first-order chi connectivity index (χ1) is 32.7. The van der Waals surface area contributed by atoms with Crippen LogP contribution in [0, 0.1) is 0 Å². The molecule has 0 bridgehead atoms. The van der Waals surface area contributed by atoms with Crippen LogP contribution < -0.4 is 0 Å². The predicted octanol–water partition coefficient (Wildman–Crippen LogP) is 22.4. The molecule has 0 saturated carbocycles. The predicted molar refractivity (Wildman–Crippen MR) is 300 cm³/mol. The summed E-state index contributed by atoms with van der Waals surface area (Å²) in [7, 11) is 0. The van der Waals surface area contributed by atoms with Crippen LogP contribution in [0.2, 0.25) is 0 Å². The minimum absolute atomic E-state index is 0. The molecule has 3 heteroatoms. The van der Waals surface area contributed by atoms with Gasteiger partial charge in [-0.2, -0.15) is 0 Å². The first-order valence-electron chi connectivity index (χ1n) is 29.3. The van der Waals surface area contributed by atoms with Gasteiger partial charge >= 0.3 is 0 Å². The molecule has 0 aliphatic rings. The molecular weight excluding hydrogens is 903 g/mol. The third-order valence-corrected chi connectivity index (χ3v) is 13.8. The molecule has 0 unspecified atom stereocenters. The van der Waals surface area contributed by atoms with Gasteiger partial charge < -0.3 is 0 Å². The van der Waals surface area contributed by atoms with Gasteiger partial charge in [-0.3, -0.25) is 9.98 Å². The summed E-state index contributed by atoms with van der Waals surface area (Å²) in [4.78, 5) is 11.1. The number of hydrogen-bond acceptors (Lipinski definition) is 2. The second kappa shape index (κ2) is 48.9. The van der Waals surface area contributed by atoms with E-state index in [2.05, 4.69) is 101 Å². The minimum atomic E-state index is 0. The van der Waals surface area contributed by atoms with Gasteiger partial charge in [0, 0.05) is 20.4 Å². The van der Waals surface area contributed by atoms with Crippen LogP contribution in [0.1, 0.15) is 296 Å². The molecule has 67 heavy (non-hydrogen) atoms. The number of allylic oxidation sites excluding steroid dienone is 4. The summed E-state index contributed by atoms with van der Waals surface area (Å²) in [5.74, 6) is 0. The van der Waals surface area contributed by atoms with E-state index < -0.39 is 0 Å². The zero-order valence-corrected chi connectivity index (χ0v) is 46.4. The zero-order valence-electron chi connectivity index (χ0n) is 44.8. The smallest absolute Gasteiger partial charge is 0.0665 e. The number of unbranched alkanes of at least 4 members (excludes halogenated alkanes) is 32. The summed E-state index contributed by atoms with van der Waals surface area (Å²) in [6, 6.07) is 17.9. The van der Waals surface area contributed by atoms with Crippen LogP contribution in [0.15, 0.2) is 82.8 Å². The van der Waals surface area contributed by atoms with E-state index in [4.69, 9.17) is 9.98 Å². The van der Waals surface area contributed by atoms with E-state index in [1.807, 2.05) is 0 Å². The molecule has 0 atom stereocenters. The summed E-state index contributed by atoms with van der Waals surface area (Å²) in [6.07, 6.45) is 65.3. The van der Waals surface area contributed by atoms with Crippen molar-refractivity contribution in [3.63, 3.8) is 0 Å². The number of hydrogen-bond donors (Lipinski definition) is 0. The van der Waals surface area contributed by atoms with Crippen molar-refractivity contribution in [1.82, 2.24) is 0 Å². The number of aryl methyl sites for hydroxylation is 2. The molecule has 0 aromatic heterocycles. The largest absolute Gasteiger partial charge is 0.251 e. The summed E-state index contributed by atoms with van der Waals surface area (Å²) in [5, 5.41) is 0. The molecule has 0 heterocycles. The Balaban J connectivity index is 0.0000224. The monoisotopic (exact) mass is 1010 g/mol. The Morgan fingerprint density at radius 2 is 0.582 bits per heavy atom. The third-order valence-electron chi connectivity index (χ3n) is 13.8. The van der Waals surface area contributed by atoms with E-state index in [9.17, 15) is 0 Å². The van der Waals surface area contributed by atoms with Crippen LogP contribution in [-0.4, -0.2) is 11.4 Å². The van der Waals surface area contributed by atoms with Crippen molar-refractivity contribution in [3.8, 4) is 0 Å². The van der Waals surface area contributed by atoms with Crippen LogP contribution in [0.3, 0.4) is 0 Å². The summed E-state index contributed by atoms with van der Waals surface area (Å²) in [5.41, 5.74) is 7.45. The Hall–Kier alpha value is -2.08. The maximum Gasteiger partial charge on any atom is 0.0665 e. The van der Waals surface area contributed by atoms with Crippen LogP contribution in [0.4, 0.5) is 11.4 Å². The number of rotatable bonds is 47. The molecule has 0 N–H and O–H groups in total. The van der Waals surface area contributed by atoms with E-state index in [-0.39, 0.29) is 20.4 Å². The Morgan fingerprint density at radius 3 is 0.925 bits per heavy atom. The fourth-order valence-electron chi connectivity index (χ4n) is 9.41. The van der Waals surface area contributed by atoms with Gasteiger partial charge in [0.15, 0.2) is 0 Å². The van der Waals surface area contributed by atoms with Crippen molar-refractivity contribution >= 4 is 22.8 Å². The van der Waals surface area contributed by atoms with Crippen molar-refractivity contribution in [1.29, 1.82) is 0 Å². The standard InChI is InChI=1S/C64H108N2.Pd/c1-5-9-13-16-19-21-23-25-27-29-31-33-35-37-39-41-44-51-59-53-47-49-56-61(59)65-63(55-12-8-4)64(58-46-43-18-15-11-7-3)66-62-57-50-48-54-60(62)52-45-42-40-38-36-34-32-30-28-26-24-22-20-17-14-10-6-2;/h39-42,47-50,53-54,56-57H,5-38,43-46,51-52,55,58H2,1-4H3;/b41-39+,42-40+,65-63-,66-64+;. The third kappa shape index (κ3) is 36.5. The molecule has 0 spiro atoms. The van der Waals surface area contributed by atoms with E-state index >= 15 is 0 Å². The molecule has 0 aliphatic carbocycles. The van der Waals surface area contributed by atoms with E-state index in [1.165, 1.54) is 241 Å². The Kier molecular flexibility index (Phi) is 46.0. The molecular formula is C64H108N2Pd. The molecule has 0 radical (unpaired) electrons. The number of para-hydroxylation sites is 2. The van der Waals surface area contributed by atoms with Gasteiger partial charge in [-0.05, 0) is 100 Å². The Morgan fingerprint density at radius 1 is 0.313 bits per heavy atom. The number of benzene rings is 2. The second-order valence-electron chi connectivity index (χ2n) is 20.1. The molecule has 384 valence electrons. The minimum Gasteiger partial charge on any atom is -0.251 e. The molecule has 0 fully saturated rings. The Bertz CT molecular complexity index is 1480. The van der Waals surface area contributed by atoms with Crippen LogP contribution in [0.25, 0.3) is 0 Å². The molecule has 0 aliphatic heterocycles. The zero-order chi connectivity index (χ0) is 47.1. The van der Waals surface area contributed by atoms with Gasteiger partial charge in [-0.15, -0.1) is 0 Å². The molecule has 0 saturated heterocycles. The fourth-order valence-corrected chi connectivity index (χ4v) is 9.41. The normalized spacial score (nSPS) is 12.2. The molecule has 2 rings (SSSR count). The van der Waals surface area contributed by atoms with Crippen molar-refractivity contribution in [2.45, 2.75) is 297 Å². The average Bonchev–Trinajstić information content (AvgIpc) is 3.33. The molecule has 2 aromatic rings. The second-order valence-corrected chi connectivity index (χ2v) is 20.1. The summed E-state index contributed by atoms with van der Waals surface area (Å²) in [6.45, 7) is 9.23. The number of aliphatic imine (C=N–C) groups is 2. The summed E-state index contributed by atoms with van der Waals surface area (Å²) >= 11 is 0. The van der Waals surface area contributed by atoms with Gasteiger partial charge in [-0.25, -0.2) is 0 Å². The van der Waals surface area contributed by atoms with Gasteiger partial charge in [-0.1, -0.05) is 281 Å². The van der Waals surface area contributed by atoms with Crippen molar-refractivity contribution in [3.05, 3.63) is 84.0 Å². The molecule has 2 nitrogen and oxygen atoms in total. The van der Waals surface area contributed by atoms with Crippen LogP contribution in [0.5, 0.6) is 0 Å². The Labute approximate surface area is 432 Å². The van der Waals surface area contributed by atoms with Gasteiger partial charge in [0.05, 0.1) is 22.8 Å². The van der Waals surface area contributed by atoms with E-state index in [0.717, 1.165) is 62.7 Å². The van der Waals surface area contributed by atoms with Crippen LogP contribution in [-0.2, 0) is 33.3 Å². The van der Waals surface area contributed by atoms with Gasteiger partial charge in [0.1, 0.15) is 0 Å². The maximum atomic E-state index is 5.57. The quantitative estimate of drug-likeness (QED) is 0.0273. The summed E-state index contributed by atoms with van der Waals surface area (Å²) < 4.78 is 0. The fraction of sp³-hybridized carbons (Fsp3) is 0.719. The van der Waals surface area contributed by atoms with Crippen molar-refractivity contribution < 1.29 is 20.4 Å². The van der Waals surface area contributed by atoms with Crippen molar-refractivity contribution in [2.75, 3.05) is 0 Å². The number of nitrogens with zero attached hydrogens (tertiary/aromatic N) is 2. The molecule has 2 aromatic carbocycles. The topological polar surface area (TPSA) is 24.7 Å². The van der Waals surface area contributed by atoms with Gasteiger partial charge in [0.2, 0.25) is 0 Å².